The van der Waals surface area contributed by atoms with E-state index in [1.807, 2.05) is 6.07 Å². The number of likely N-dealkylation sites (tertiary alicyclic amines) is 1. The number of carbonyl (C=O) groups excluding carboxylic acids is 1. The second-order valence-corrected chi connectivity index (χ2v) is 7.73. The van der Waals surface area contributed by atoms with Crippen LogP contribution in [-0.2, 0) is 6.42 Å². The molecule has 1 heterocycles. The standard InChI is InChI=1S/C20H31N3O2/c1-16-7-3-4-8-17(16)13-20(9-10-20)22-19(25)21-14-18(24)15-23-11-5-2-6-12-23/h3-4,7-8,18,24H,2,5-6,9-15H2,1H3,(H2,21,22,25)/t18-/m0/s1. The molecular weight excluding hydrogens is 314 g/mol. The summed E-state index contributed by atoms with van der Waals surface area (Å²) in [5.74, 6) is 0. The summed E-state index contributed by atoms with van der Waals surface area (Å²) in [6.07, 6.45) is 6.12. The molecule has 1 aliphatic carbocycles. The molecule has 5 nitrogen and oxygen atoms in total. The third kappa shape index (κ3) is 5.44. The first-order chi connectivity index (χ1) is 12.1. The van der Waals surface area contributed by atoms with Gasteiger partial charge in [0.15, 0.2) is 0 Å². The second kappa shape index (κ2) is 8.19. The van der Waals surface area contributed by atoms with Crippen LogP contribution in [0.3, 0.4) is 0 Å². The van der Waals surface area contributed by atoms with Crippen molar-refractivity contribution in [1.82, 2.24) is 15.5 Å². The van der Waals surface area contributed by atoms with Crippen LogP contribution in [0.2, 0.25) is 0 Å². The van der Waals surface area contributed by atoms with E-state index in [1.165, 1.54) is 30.4 Å². The monoisotopic (exact) mass is 345 g/mol. The SMILES string of the molecule is Cc1ccccc1CC1(NC(=O)NC[C@H](O)CN2CCCCC2)CC1. The van der Waals surface area contributed by atoms with Crippen molar-refractivity contribution in [1.29, 1.82) is 0 Å². The lowest BCUT2D eigenvalue weighted by Gasteiger charge is -2.28. The number of nitrogens with zero attached hydrogens (tertiary/aromatic N) is 1. The average molecular weight is 345 g/mol. The molecule has 1 atom stereocenters. The van der Waals surface area contributed by atoms with Gasteiger partial charge in [0.1, 0.15) is 0 Å². The Morgan fingerprint density at radius 2 is 1.96 bits per heavy atom. The van der Waals surface area contributed by atoms with Crippen LogP contribution in [0, 0.1) is 6.92 Å². The van der Waals surface area contributed by atoms with Crippen LogP contribution in [0.1, 0.15) is 43.2 Å². The highest BCUT2D eigenvalue weighted by Crippen LogP contribution is 2.39. The van der Waals surface area contributed by atoms with Crippen molar-refractivity contribution in [3.63, 3.8) is 0 Å². The molecular formula is C20H31N3O2. The Morgan fingerprint density at radius 1 is 1.24 bits per heavy atom. The molecule has 25 heavy (non-hydrogen) atoms. The molecule has 0 radical (unpaired) electrons. The Balaban J connectivity index is 1.40. The van der Waals surface area contributed by atoms with Gasteiger partial charge in [-0.2, -0.15) is 0 Å². The highest BCUT2D eigenvalue weighted by molar-refractivity contribution is 5.75. The van der Waals surface area contributed by atoms with E-state index in [0.29, 0.717) is 13.1 Å². The highest BCUT2D eigenvalue weighted by Gasteiger charge is 2.44. The zero-order valence-corrected chi connectivity index (χ0v) is 15.3. The van der Waals surface area contributed by atoms with Crippen molar-refractivity contribution in [2.75, 3.05) is 26.2 Å². The van der Waals surface area contributed by atoms with E-state index >= 15 is 0 Å². The highest BCUT2D eigenvalue weighted by atomic mass is 16.3. The molecule has 3 N–H and O–H groups in total. The van der Waals surface area contributed by atoms with Crippen molar-refractivity contribution in [3.8, 4) is 0 Å². The molecule has 5 heteroatoms. The Morgan fingerprint density at radius 3 is 2.64 bits per heavy atom. The van der Waals surface area contributed by atoms with E-state index in [9.17, 15) is 9.90 Å². The molecule has 2 aliphatic rings. The number of urea groups is 1. The number of rotatable bonds is 7. The van der Waals surface area contributed by atoms with Gasteiger partial charge in [-0.3, -0.25) is 0 Å². The normalized spacial score (nSPS) is 20.7. The lowest BCUT2D eigenvalue weighted by molar-refractivity contribution is 0.101. The summed E-state index contributed by atoms with van der Waals surface area (Å²) in [5.41, 5.74) is 2.46. The number of carbonyl (C=O) groups is 1. The molecule has 0 bridgehead atoms. The maximum Gasteiger partial charge on any atom is 0.315 e. The summed E-state index contributed by atoms with van der Waals surface area (Å²) in [6, 6.07) is 8.18. The molecule has 1 aromatic rings. The number of piperidine rings is 1. The third-order valence-corrected chi connectivity index (χ3v) is 5.44. The topological polar surface area (TPSA) is 64.6 Å². The first kappa shape index (κ1) is 18.2. The van der Waals surface area contributed by atoms with Crippen LogP contribution in [0.4, 0.5) is 4.79 Å². The van der Waals surface area contributed by atoms with Crippen LogP contribution in [0.5, 0.6) is 0 Å². The summed E-state index contributed by atoms with van der Waals surface area (Å²) < 4.78 is 0. The predicted octanol–water partition coefficient (Wildman–Crippen LogP) is 2.22. The van der Waals surface area contributed by atoms with Gasteiger partial charge < -0.3 is 20.6 Å². The molecule has 1 saturated heterocycles. The molecule has 2 amide bonds. The molecule has 1 saturated carbocycles. The Kier molecular flexibility index (Phi) is 5.97. The molecule has 0 unspecified atom stereocenters. The zero-order chi connectivity index (χ0) is 17.7. The second-order valence-electron chi connectivity index (χ2n) is 7.73. The molecule has 0 aromatic heterocycles. The average Bonchev–Trinajstić information content (AvgIpc) is 3.35. The first-order valence-corrected chi connectivity index (χ1v) is 9.57. The van der Waals surface area contributed by atoms with E-state index < -0.39 is 6.10 Å². The Bertz CT molecular complexity index is 580. The minimum absolute atomic E-state index is 0.103. The van der Waals surface area contributed by atoms with Gasteiger partial charge in [0, 0.05) is 18.6 Å². The maximum absolute atomic E-state index is 12.2. The summed E-state index contributed by atoms with van der Waals surface area (Å²) in [6.45, 7) is 5.19. The fourth-order valence-corrected chi connectivity index (χ4v) is 3.67. The number of aliphatic hydroxyl groups excluding tert-OH is 1. The summed E-state index contributed by atoms with van der Waals surface area (Å²) >= 11 is 0. The van der Waals surface area contributed by atoms with Gasteiger partial charge in [-0.15, -0.1) is 0 Å². The van der Waals surface area contributed by atoms with Crippen molar-refractivity contribution in [3.05, 3.63) is 35.4 Å². The molecule has 0 spiro atoms. The van der Waals surface area contributed by atoms with E-state index in [2.05, 4.69) is 40.7 Å². The van der Waals surface area contributed by atoms with E-state index in [4.69, 9.17) is 0 Å². The number of hydrogen-bond donors (Lipinski definition) is 3. The van der Waals surface area contributed by atoms with Gasteiger partial charge in [0.05, 0.1) is 6.10 Å². The van der Waals surface area contributed by atoms with Crippen LogP contribution in [0.15, 0.2) is 24.3 Å². The number of aryl methyl sites for hydroxylation is 1. The van der Waals surface area contributed by atoms with Crippen LogP contribution in [-0.4, -0.2) is 53.9 Å². The van der Waals surface area contributed by atoms with Crippen molar-refractivity contribution >= 4 is 6.03 Å². The van der Waals surface area contributed by atoms with Crippen molar-refractivity contribution < 1.29 is 9.90 Å². The van der Waals surface area contributed by atoms with Crippen LogP contribution in [0.25, 0.3) is 0 Å². The number of nitrogens with one attached hydrogen (secondary N) is 2. The van der Waals surface area contributed by atoms with Crippen LogP contribution < -0.4 is 10.6 Å². The number of aliphatic hydroxyl groups is 1. The molecule has 3 rings (SSSR count). The molecule has 1 aromatic carbocycles. The van der Waals surface area contributed by atoms with Gasteiger partial charge in [-0.25, -0.2) is 4.79 Å². The maximum atomic E-state index is 12.2. The van der Waals surface area contributed by atoms with E-state index in [-0.39, 0.29) is 11.6 Å². The van der Waals surface area contributed by atoms with Crippen molar-refractivity contribution in [2.24, 2.45) is 0 Å². The summed E-state index contributed by atoms with van der Waals surface area (Å²) in [5, 5.41) is 16.1. The lowest BCUT2D eigenvalue weighted by atomic mass is 10.00. The minimum Gasteiger partial charge on any atom is -0.390 e. The summed E-state index contributed by atoms with van der Waals surface area (Å²) in [4.78, 5) is 14.5. The Hall–Kier alpha value is -1.59. The zero-order valence-electron chi connectivity index (χ0n) is 15.3. The van der Waals surface area contributed by atoms with Gasteiger partial charge in [-0.1, -0.05) is 30.7 Å². The lowest BCUT2D eigenvalue weighted by Crippen LogP contribution is -2.48. The number of hydrogen-bond acceptors (Lipinski definition) is 3. The van der Waals surface area contributed by atoms with Crippen LogP contribution >= 0.6 is 0 Å². The van der Waals surface area contributed by atoms with Gasteiger partial charge in [0.25, 0.3) is 0 Å². The first-order valence-electron chi connectivity index (χ1n) is 9.57. The molecule has 138 valence electrons. The molecule has 2 fully saturated rings. The number of β-amino-alcohol motifs (C(OH)–C–C–N with tert-alkyl or cyclic N) is 1. The fraction of sp³-hybridized carbons (Fsp3) is 0.650. The van der Waals surface area contributed by atoms with E-state index in [0.717, 1.165) is 32.4 Å². The fourth-order valence-electron chi connectivity index (χ4n) is 3.67. The quantitative estimate of drug-likeness (QED) is 0.710. The largest absolute Gasteiger partial charge is 0.390 e. The Labute approximate surface area is 150 Å². The van der Waals surface area contributed by atoms with Gasteiger partial charge >= 0.3 is 6.03 Å². The third-order valence-electron chi connectivity index (χ3n) is 5.44. The number of amides is 2. The predicted molar refractivity (Wildman–Crippen MR) is 99.7 cm³/mol. The van der Waals surface area contributed by atoms with E-state index in [1.54, 1.807) is 0 Å². The van der Waals surface area contributed by atoms with Gasteiger partial charge in [0.2, 0.25) is 0 Å². The minimum atomic E-state index is -0.504. The summed E-state index contributed by atoms with van der Waals surface area (Å²) in [7, 11) is 0. The van der Waals surface area contributed by atoms with Crippen molar-refractivity contribution in [2.45, 2.75) is 57.1 Å². The molecule has 1 aliphatic heterocycles. The number of benzene rings is 1. The van der Waals surface area contributed by atoms with Gasteiger partial charge in [-0.05, 0) is 63.2 Å². The smallest absolute Gasteiger partial charge is 0.315 e.